The van der Waals surface area contributed by atoms with Gasteiger partial charge in [-0.25, -0.2) is 4.98 Å². The number of thioether (sulfide) groups is 1. The predicted molar refractivity (Wildman–Crippen MR) is 115 cm³/mol. The van der Waals surface area contributed by atoms with E-state index >= 15 is 0 Å². The minimum absolute atomic E-state index is 0.226. The lowest BCUT2D eigenvalue weighted by Gasteiger charge is -2.13. The van der Waals surface area contributed by atoms with Gasteiger partial charge in [0.2, 0.25) is 0 Å². The second-order valence-electron chi connectivity index (χ2n) is 5.96. The molecule has 0 fully saturated rings. The number of rotatable bonds is 8. The van der Waals surface area contributed by atoms with Gasteiger partial charge in [-0.2, -0.15) is 0 Å². The van der Waals surface area contributed by atoms with Crippen molar-refractivity contribution in [2.45, 2.75) is 10.8 Å². The van der Waals surface area contributed by atoms with Crippen molar-refractivity contribution >= 4 is 29.2 Å². The molecule has 0 bridgehead atoms. The molecule has 0 unspecified atom stereocenters. The molecule has 29 heavy (non-hydrogen) atoms. The van der Waals surface area contributed by atoms with E-state index in [0.717, 1.165) is 17.1 Å². The van der Waals surface area contributed by atoms with Crippen molar-refractivity contribution in [3.8, 4) is 11.5 Å². The lowest BCUT2D eigenvalue weighted by Crippen LogP contribution is -2.14. The third-order valence-corrected chi connectivity index (χ3v) is 5.20. The second-order valence-corrected chi connectivity index (χ2v) is 6.92. The second kappa shape index (κ2) is 9.79. The van der Waals surface area contributed by atoms with E-state index in [1.165, 1.54) is 11.8 Å². The maximum atomic E-state index is 12.8. The van der Waals surface area contributed by atoms with Crippen LogP contribution in [0.25, 0.3) is 0 Å². The third kappa shape index (κ3) is 5.17. The molecular weight excluding hydrogens is 388 g/mol. The molecule has 2 heterocycles. The number of hydrogen-bond donors (Lipinski definition) is 2. The van der Waals surface area contributed by atoms with Crippen LogP contribution in [0, 0.1) is 0 Å². The zero-order valence-corrected chi connectivity index (χ0v) is 17.2. The number of anilines is 2. The van der Waals surface area contributed by atoms with Crippen LogP contribution in [0.2, 0.25) is 0 Å². The van der Waals surface area contributed by atoms with Gasteiger partial charge in [-0.05, 0) is 30.3 Å². The summed E-state index contributed by atoms with van der Waals surface area (Å²) in [5, 5.41) is 6.52. The van der Waals surface area contributed by atoms with Gasteiger partial charge >= 0.3 is 0 Å². The maximum Gasteiger partial charge on any atom is 0.258 e. The number of ether oxygens (including phenoxy) is 2. The van der Waals surface area contributed by atoms with Gasteiger partial charge in [-0.3, -0.25) is 9.78 Å². The summed E-state index contributed by atoms with van der Waals surface area (Å²) in [6, 6.07) is 12.7. The van der Waals surface area contributed by atoms with Crippen LogP contribution >= 0.6 is 11.8 Å². The molecule has 0 aliphatic carbocycles. The highest BCUT2D eigenvalue weighted by Gasteiger charge is 2.16. The number of nitrogens with one attached hydrogen (secondary N) is 2. The zero-order valence-electron chi connectivity index (χ0n) is 16.4. The summed E-state index contributed by atoms with van der Waals surface area (Å²) in [5.74, 6) is 2.50. The molecule has 0 spiro atoms. The summed E-state index contributed by atoms with van der Waals surface area (Å²) in [7, 11) is 5.03. The number of carbonyl (C=O) groups is 1. The Morgan fingerprint density at radius 1 is 1.07 bits per heavy atom. The van der Waals surface area contributed by atoms with Gasteiger partial charge in [0, 0.05) is 42.5 Å². The lowest BCUT2D eigenvalue weighted by molar-refractivity contribution is 0.102. The quantitative estimate of drug-likeness (QED) is 0.541. The minimum atomic E-state index is -0.226. The highest BCUT2D eigenvalue weighted by Crippen LogP contribution is 2.32. The Bertz CT molecular complexity index is 983. The molecule has 1 aromatic carbocycles. The predicted octanol–water partition coefficient (Wildman–Crippen LogP) is 4.08. The number of hydrogen-bond acceptors (Lipinski definition) is 7. The van der Waals surface area contributed by atoms with Gasteiger partial charge in [-0.1, -0.05) is 6.07 Å². The molecule has 2 aromatic heterocycles. The van der Waals surface area contributed by atoms with Gasteiger partial charge in [0.15, 0.2) is 0 Å². The van der Waals surface area contributed by atoms with Crippen molar-refractivity contribution in [3.05, 3.63) is 66.0 Å². The Morgan fingerprint density at radius 3 is 2.55 bits per heavy atom. The average Bonchev–Trinajstić information content (AvgIpc) is 2.77. The Labute approximate surface area is 173 Å². The van der Waals surface area contributed by atoms with E-state index in [0.29, 0.717) is 27.8 Å². The van der Waals surface area contributed by atoms with Crippen LogP contribution in [0.5, 0.6) is 11.5 Å². The Balaban J connectivity index is 1.83. The summed E-state index contributed by atoms with van der Waals surface area (Å²) >= 11 is 1.47. The average molecular weight is 410 g/mol. The molecule has 2 N–H and O–H groups in total. The molecule has 0 radical (unpaired) electrons. The Morgan fingerprint density at radius 2 is 1.86 bits per heavy atom. The molecule has 0 aliphatic rings. The van der Waals surface area contributed by atoms with Gasteiger partial charge in [0.25, 0.3) is 5.91 Å². The number of benzene rings is 1. The molecular formula is C21H22N4O3S. The van der Waals surface area contributed by atoms with Gasteiger partial charge < -0.3 is 20.1 Å². The molecule has 0 atom stereocenters. The van der Waals surface area contributed by atoms with E-state index in [2.05, 4.69) is 20.6 Å². The Kier molecular flexibility index (Phi) is 6.91. The van der Waals surface area contributed by atoms with Crippen LogP contribution in [0.3, 0.4) is 0 Å². The normalized spacial score (nSPS) is 10.3. The van der Waals surface area contributed by atoms with E-state index in [4.69, 9.17) is 9.47 Å². The summed E-state index contributed by atoms with van der Waals surface area (Å²) in [6.07, 6.45) is 3.26. The van der Waals surface area contributed by atoms with E-state index in [1.54, 1.807) is 57.9 Å². The molecule has 150 valence electrons. The topological polar surface area (TPSA) is 85.4 Å². The largest absolute Gasteiger partial charge is 0.497 e. The minimum Gasteiger partial charge on any atom is -0.497 e. The summed E-state index contributed by atoms with van der Waals surface area (Å²) in [4.78, 5) is 21.3. The van der Waals surface area contributed by atoms with Crippen LogP contribution in [-0.4, -0.2) is 37.1 Å². The van der Waals surface area contributed by atoms with E-state index < -0.39 is 0 Å². The number of carbonyl (C=O) groups excluding carboxylic acids is 1. The van der Waals surface area contributed by atoms with Crippen molar-refractivity contribution in [1.29, 1.82) is 0 Å². The molecule has 1 amide bonds. The fourth-order valence-corrected chi connectivity index (χ4v) is 3.62. The van der Waals surface area contributed by atoms with Gasteiger partial charge in [-0.15, -0.1) is 11.8 Å². The molecule has 3 rings (SSSR count). The zero-order chi connectivity index (χ0) is 20.6. The summed E-state index contributed by atoms with van der Waals surface area (Å²) in [5.41, 5.74) is 2.16. The molecule has 8 heteroatoms. The van der Waals surface area contributed by atoms with Gasteiger partial charge in [0.1, 0.15) is 22.3 Å². The standard InChI is InChI=1S/C21H22N4O3S/c1-22-19-7-6-17(20(26)24-15-8-10-23-11-9-15)21(25-19)29-13-14-4-5-16(27-2)12-18(14)28-3/h4-12H,13H2,1-3H3,(H,22,25)(H,23,24,26). The first-order valence-corrected chi connectivity index (χ1v) is 9.87. The smallest absolute Gasteiger partial charge is 0.258 e. The van der Waals surface area contributed by atoms with Crippen molar-refractivity contribution < 1.29 is 14.3 Å². The molecule has 0 saturated heterocycles. The highest BCUT2D eigenvalue weighted by molar-refractivity contribution is 7.98. The maximum absolute atomic E-state index is 12.8. The van der Waals surface area contributed by atoms with E-state index in [9.17, 15) is 4.79 Å². The SMILES string of the molecule is CNc1ccc(C(=O)Nc2ccncc2)c(SCc2ccc(OC)cc2OC)n1. The van der Waals surface area contributed by atoms with Gasteiger partial charge in [0.05, 0.1) is 19.8 Å². The molecule has 7 nitrogen and oxygen atoms in total. The van der Waals surface area contributed by atoms with E-state index in [1.807, 2.05) is 18.2 Å². The lowest BCUT2D eigenvalue weighted by atomic mass is 10.2. The highest BCUT2D eigenvalue weighted by atomic mass is 32.2. The fourth-order valence-electron chi connectivity index (χ4n) is 2.61. The number of pyridine rings is 2. The van der Waals surface area contributed by atoms with Crippen LogP contribution in [0.1, 0.15) is 15.9 Å². The third-order valence-electron chi connectivity index (χ3n) is 4.16. The van der Waals surface area contributed by atoms with Crippen LogP contribution < -0.4 is 20.1 Å². The number of methoxy groups -OCH3 is 2. The van der Waals surface area contributed by atoms with Crippen molar-refractivity contribution in [2.75, 3.05) is 31.9 Å². The van der Waals surface area contributed by atoms with Crippen LogP contribution in [0.15, 0.2) is 59.9 Å². The van der Waals surface area contributed by atoms with E-state index in [-0.39, 0.29) is 5.91 Å². The van der Waals surface area contributed by atoms with Crippen molar-refractivity contribution in [2.24, 2.45) is 0 Å². The summed E-state index contributed by atoms with van der Waals surface area (Å²) in [6.45, 7) is 0. The first kappa shape index (κ1) is 20.5. The first-order chi connectivity index (χ1) is 14.1. The number of amides is 1. The molecule has 0 aliphatic heterocycles. The number of aromatic nitrogens is 2. The molecule has 3 aromatic rings. The molecule has 0 saturated carbocycles. The summed E-state index contributed by atoms with van der Waals surface area (Å²) < 4.78 is 10.7. The van der Waals surface area contributed by atoms with Crippen molar-refractivity contribution in [1.82, 2.24) is 9.97 Å². The first-order valence-electron chi connectivity index (χ1n) is 8.88. The monoisotopic (exact) mass is 410 g/mol. The van der Waals surface area contributed by atoms with Crippen LogP contribution in [-0.2, 0) is 5.75 Å². The fraction of sp³-hybridized carbons (Fsp3) is 0.190. The van der Waals surface area contributed by atoms with Crippen molar-refractivity contribution in [3.63, 3.8) is 0 Å². The Hall–Kier alpha value is -3.26. The number of nitrogens with zero attached hydrogens (tertiary/aromatic N) is 2. The van der Waals surface area contributed by atoms with Crippen LogP contribution in [0.4, 0.5) is 11.5 Å².